The monoisotopic (exact) mass is 284 g/mol. The van der Waals surface area contributed by atoms with E-state index in [1.54, 1.807) is 36.7 Å². The average Bonchev–Trinajstić information content (AvgIpc) is 2.98. The second kappa shape index (κ2) is 5.64. The van der Waals surface area contributed by atoms with Crippen molar-refractivity contribution in [3.8, 4) is 0 Å². The predicted molar refractivity (Wildman–Crippen MR) is 78.2 cm³/mol. The van der Waals surface area contributed by atoms with Crippen LogP contribution in [0.25, 0.3) is 0 Å². The topological polar surface area (TPSA) is 42.0 Å². The van der Waals surface area contributed by atoms with Crippen LogP contribution in [0.3, 0.4) is 0 Å². The predicted octanol–water partition coefficient (Wildman–Crippen LogP) is 3.42. The van der Waals surface area contributed by atoms with Gasteiger partial charge in [-0.05, 0) is 31.0 Å². The van der Waals surface area contributed by atoms with Crippen molar-refractivity contribution in [2.45, 2.75) is 31.2 Å². The van der Waals surface area contributed by atoms with Crippen LogP contribution in [0.2, 0.25) is 0 Å². The molecule has 1 N–H and O–H groups in total. The number of rotatable bonds is 3. The number of benzene rings is 1. The van der Waals surface area contributed by atoms with Gasteiger partial charge in [-0.15, -0.1) is 0 Å². The molecule has 108 valence electrons. The molecule has 3 rings (SSSR count). The third-order valence-electron chi connectivity index (χ3n) is 4.14. The molecule has 0 spiro atoms. The van der Waals surface area contributed by atoms with Crippen molar-refractivity contribution in [2.75, 3.05) is 0 Å². The van der Waals surface area contributed by atoms with Gasteiger partial charge in [0.1, 0.15) is 5.82 Å². The van der Waals surface area contributed by atoms with Crippen LogP contribution in [0.5, 0.6) is 0 Å². The molecule has 21 heavy (non-hydrogen) atoms. The number of carbonyl (C=O) groups is 1. The fraction of sp³-hybridized carbons (Fsp3) is 0.294. The molecular weight excluding hydrogens is 267 g/mol. The Balaban J connectivity index is 1.92. The lowest BCUT2D eigenvalue weighted by Gasteiger charge is -2.31. The fourth-order valence-corrected chi connectivity index (χ4v) is 3.08. The van der Waals surface area contributed by atoms with Crippen LogP contribution < -0.4 is 5.32 Å². The van der Waals surface area contributed by atoms with Gasteiger partial charge in [0.15, 0.2) is 0 Å². The molecule has 3 nitrogen and oxygen atoms in total. The molecule has 1 aromatic carbocycles. The molecule has 1 fully saturated rings. The summed E-state index contributed by atoms with van der Waals surface area (Å²) in [4.78, 5) is 16.3. The number of hydrogen-bond donors (Lipinski definition) is 1. The van der Waals surface area contributed by atoms with Crippen LogP contribution in [0.1, 0.15) is 41.6 Å². The Hall–Kier alpha value is -2.23. The molecule has 2 aromatic rings. The van der Waals surface area contributed by atoms with Gasteiger partial charge in [0.05, 0.1) is 5.54 Å². The third kappa shape index (κ3) is 2.66. The van der Waals surface area contributed by atoms with Crippen molar-refractivity contribution in [3.05, 3.63) is 65.7 Å². The van der Waals surface area contributed by atoms with Gasteiger partial charge in [-0.3, -0.25) is 9.78 Å². The number of halogens is 1. The molecule has 0 bridgehead atoms. The summed E-state index contributed by atoms with van der Waals surface area (Å²) in [5, 5.41) is 3.06. The number of hydrogen-bond acceptors (Lipinski definition) is 2. The highest BCUT2D eigenvalue weighted by Crippen LogP contribution is 2.40. The molecule has 1 aliphatic rings. The normalized spacial score (nSPS) is 16.6. The van der Waals surface area contributed by atoms with Crippen LogP contribution in [0.4, 0.5) is 4.39 Å². The number of pyridine rings is 1. The van der Waals surface area contributed by atoms with Crippen LogP contribution in [-0.2, 0) is 5.54 Å². The maximum absolute atomic E-state index is 14.2. The molecule has 0 radical (unpaired) electrons. The van der Waals surface area contributed by atoms with E-state index < -0.39 is 5.54 Å². The van der Waals surface area contributed by atoms with Gasteiger partial charge in [0, 0.05) is 23.5 Å². The van der Waals surface area contributed by atoms with E-state index in [4.69, 9.17) is 0 Å². The maximum atomic E-state index is 14.2. The minimum absolute atomic E-state index is 0.178. The average molecular weight is 284 g/mol. The quantitative estimate of drug-likeness (QED) is 0.938. The lowest BCUT2D eigenvalue weighted by Crippen LogP contribution is -2.44. The zero-order valence-corrected chi connectivity index (χ0v) is 11.7. The molecule has 1 heterocycles. The first-order chi connectivity index (χ1) is 10.2. The van der Waals surface area contributed by atoms with Gasteiger partial charge < -0.3 is 5.32 Å². The lowest BCUT2D eigenvalue weighted by molar-refractivity contribution is 0.0896. The zero-order valence-electron chi connectivity index (χ0n) is 11.7. The molecular formula is C17H17FN2O. The van der Waals surface area contributed by atoms with Crippen molar-refractivity contribution in [2.24, 2.45) is 0 Å². The summed E-state index contributed by atoms with van der Waals surface area (Å²) in [6.07, 6.45) is 6.68. The van der Waals surface area contributed by atoms with E-state index in [1.807, 2.05) is 6.07 Å². The zero-order chi connectivity index (χ0) is 14.7. The molecule has 0 unspecified atom stereocenters. The van der Waals surface area contributed by atoms with Crippen LogP contribution in [-0.4, -0.2) is 10.9 Å². The summed E-state index contributed by atoms with van der Waals surface area (Å²) < 4.78 is 14.2. The Bertz CT molecular complexity index is 636. The van der Waals surface area contributed by atoms with E-state index in [0.717, 1.165) is 25.7 Å². The first kappa shape index (κ1) is 13.7. The summed E-state index contributed by atoms with van der Waals surface area (Å²) in [7, 11) is 0. The Morgan fingerprint density at radius 1 is 1.10 bits per heavy atom. The smallest absolute Gasteiger partial charge is 0.252 e. The summed E-state index contributed by atoms with van der Waals surface area (Å²) in [6.45, 7) is 0. The van der Waals surface area contributed by atoms with E-state index in [1.165, 1.54) is 6.07 Å². The molecule has 1 aromatic heterocycles. The number of amides is 1. The number of nitrogens with one attached hydrogen (secondary N) is 1. The van der Waals surface area contributed by atoms with Crippen LogP contribution in [0.15, 0.2) is 48.8 Å². The Morgan fingerprint density at radius 2 is 1.76 bits per heavy atom. The highest BCUT2D eigenvalue weighted by Gasteiger charge is 2.39. The summed E-state index contributed by atoms with van der Waals surface area (Å²) >= 11 is 0. The largest absolute Gasteiger partial charge is 0.342 e. The molecule has 4 heteroatoms. The number of aromatic nitrogens is 1. The Morgan fingerprint density at radius 3 is 2.43 bits per heavy atom. The van der Waals surface area contributed by atoms with E-state index in [9.17, 15) is 9.18 Å². The van der Waals surface area contributed by atoms with Crippen molar-refractivity contribution in [1.82, 2.24) is 10.3 Å². The van der Waals surface area contributed by atoms with Gasteiger partial charge in [0.25, 0.3) is 5.91 Å². The highest BCUT2D eigenvalue weighted by atomic mass is 19.1. The molecule has 1 aliphatic carbocycles. The molecule has 0 aliphatic heterocycles. The summed E-state index contributed by atoms with van der Waals surface area (Å²) in [5.41, 5.74) is 0.545. The number of nitrogens with zero attached hydrogens (tertiary/aromatic N) is 1. The van der Waals surface area contributed by atoms with Crippen molar-refractivity contribution < 1.29 is 9.18 Å². The molecule has 0 atom stereocenters. The Kier molecular flexibility index (Phi) is 3.69. The molecule has 1 saturated carbocycles. The van der Waals surface area contributed by atoms with Gasteiger partial charge in [-0.25, -0.2) is 4.39 Å². The minimum atomic E-state index is -0.592. The van der Waals surface area contributed by atoms with Crippen molar-refractivity contribution in [1.29, 1.82) is 0 Å². The summed E-state index contributed by atoms with van der Waals surface area (Å²) in [5.74, 6) is -0.433. The van der Waals surface area contributed by atoms with E-state index in [0.29, 0.717) is 11.1 Å². The summed E-state index contributed by atoms with van der Waals surface area (Å²) in [6, 6.07) is 10.0. The Labute approximate surface area is 123 Å². The third-order valence-corrected chi connectivity index (χ3v) is 4.14. The first-order valence-electron chi connectivity index (χ1n) is 7.19. The van der Waals surface area contributed by atoms with Gasteiger partial charge >= 0.3 is 0 Å². The fourth-order valence-electron chi connectivity index (χ4n) is 3.08. The SMILES string of the molecule is O=C(NC1(c2ccccc2F)CCCC1)c1ccncc1. The second-order valence-electron chi connectivity index (χ2n) is 5.46. The standard InChI is InChI=1S/C17H17FN2O/c18-15-6-2-1-5-14(15)17(9-3-4-10-17)20-16(21)13-7-11-19-12-8-13/h1-2,5-8,11-12H,3-4,9-10H2,(H,20,21). The van der Waals surface area contributed by atoms with Gasteiger partial charge in [-0.2, -0.15) is 0 Å². The van der Waals surface area contributed by atoms with Crippen LogP contribution in [0, 0.1) is 5.82 Å². The molecule has 1 amide bonds. The lowest BCUT2D eigenvalue weighted by atomic mass is 9.87. The van der Waals surface area contributed by atoms with Gasteiger partial charge in [0.2, 0.25) is 0 Å². The first-order valence-corrected chi connectivity index (χ1v) is 7.19. The van der Waals surface area contributed by atoms with Crippen LogP contribution >= 0.6 is 0 Å². The van der Waals surface area contributed by atoms with Crippen molar-refractivity contribution >= 4 is 5.91 Å². The van der Waals surface area contributed by atoms with Crippen molar-refractivity contribution in [3.63, 3.8) is 0 Å². The molecule has 0 saturated heterocycles. The highest BCUT2D eigenvalue weighted by molar-refractivity contribution is 5.94. The minimum Gasteiger partial charge on any atom is -0.342 e. The van der Waals surface area contributed by atoms with E-state index in [-0.39, 0.29) is 11.7 Å². The van der Waals surface area contributed by atoms with E-state index in [2.05, 4.69) is 10.3 Å². The maximum Gasteiger partial charge on any atom is 0.252 e. The number of carbonyl (C=O) groups excluding carboxylic acids is 1. The second-order valence-corrected chi connectivity index (χ2v) is 5.46. The van der Waals surface area contributed by atoms with E-state index >= 15 is 0 Å². The van der Waals surface area contributed by atoms with Gasteiger partial charge in [-0.1, -0.05) is 31.0 Å².